The summed E-state index contributed by atoms with van der Waals surface area (Å²) < 4.78 is 7.28. The van der Waals surface area contributed by atoms with E-state index in [4.69, 9.17) is 32.6 Å². The van der Waals surface area contributed by atoms with Gasteiger partial charge >= 0.3 is 6.01 Å². The second kappa shape index (κ2) is 7.77. The maximum Gasteiger partial charge on any atom is 0.318 e. The van der Waals surface area contributed by atoms with Crippen molar-refractivity contribution in [1.29, 1.82) is 0 Å². The van der Waals surface area contributed by atoms with Crippen molar-refractivity contribution in [2.24, 2.45) is 0 Å². The first kappa shape index (κ1) is 19.1. The summed E-state index contributed by atoms with van der Waals surface area (Å²) in [6.07, 6.45) is 3.71. The number of halogens is 2. The van der Waals surface area contributed by atoms with E-state index in [1.54, 1.807) is 17.5 Å². The number of rotatable bonds is 4. The van der Waals surface area contributed by atoms with Crippen LogP contribution in [0.4, 0.5) is 12.0 Å². The summed E-state index contributed by atoms with van der Waals surface area (Å²) in [5.74, 6) is 1.17. The van der Waals surface area contributed by atoms with Gasteiger partial charge in [0.25, 0.3) is 0 Å². The topological polar surface area (TPSA) is 84.4 Å². The lowest BCUT2D eigenvalue weighted by Crippen LogP contribution is -2.39. The summed E-state index contributed by atoms with van der Waals surface area (Å²) in [7, 11) is 0. The molecule has 0 aliphatic carbocycles. The number of piperidine rings is 1. The van der Waals surface area contributed by atoms with E-state index in [-0.39, 0.29) is 6.04 Å². The molecule has 1 fully saturated rings. The van der Waals surface area contributed by atoms with E-state index < -0.39 is 0 Å². The van der Waals surface area contributed by atoms with Gasteiger partial charge in [0, 0.05) is 43.4 Å². The lowest BCUT2D eigenvalue weighted by Gasteiger charge is -2.30. The molecule has 4 aromatic rings. The number of nitrogens with one attached hydrogen (secondary N) is 1. The molecule has 0 spiro atoms. The van der Waals surface area contributed by atoms with Crippen LogP contribution in [0, 0.1) is 6.92 Å². The Balaban J connectivity index is 1.35. The van der Waals surface area contributed by atoms with Crippen molar-refractivity contribution in [2.45, 2.75) is 25.8 Å². The van der Waals surface area contributed by atoms with E-state index in [1.165, 1.54) is 0 Å². The summed E-state index contributed by atoms with van der Waals surface area (Å²) in [4.78, 5) is 6.82. The summed E-state index contributed by atoms with van der Waals surface area (Å²) >= 11 is 12.6. The van der Waals surface area contributed by atoms with Gasteiger partial charge in [0.05, 0.1) is 10.0 Å². The molecule has 0 amide bonds. The predicted octanol–water partition coefficient (Wildman–Crippen LogP) is 4.48. The van der Waals surface area contributed by atoms with Gasteiger partial charge in [-0.3, -0.25) is 0 Å². The number of nitrogens with zero attached hydrogens (tertiary/aromatic N) is 6. The molecule has 4 heterocycles. The van der Waals surface area contributed by atoms with Crippen LogP contribution in [0.5, 0.6) is 0 Å². The Morgan fingerprint density at radius 1 is 1.07 bits per heavy atom. The monoisotopic (exact) mass is 443 g/mol. The Hall–Kier alpha value is -2.84. The van der Waals surface area contributed by atoms with E-state index >= 15 is 0 Å². The van der Waals surface area contributed by atoms with Crippen LogP contribution in [0.2, 0.25) is 10.0 Å². The first-order valence-corrected chi connectivity index (χ1v) is 10.5. The minimum absolute atomic E-state index is 0.265. The highest BCUT2D eigenvalue weighted by Crippen LogP contribution is 2.35. The molecule has 1 saturated heterocycles. The zero-order chi connectivity index (χ0) is 20.7. The van der Waals surface area contributed by atoms with E-state index in [0.717, 1.165) is 42.7 Å². The van der Waals surface area contributed by atoms with Gasteiger partial charge in [0.15, 0.2) is 5.65 Å². The number of anilines is 2. The smallest absolute Gasteiger partial charge is 0.318 e. The fourth-order valence-corrected chi connectivity index (χ4v) is 4.10. The van der Waals surface area contributed by atoms with Crippen molar-refractivity contribution in [1.82, 2.24) is 24.8 Å². The summed E-state index contributed by atoms with van der Waals surface area (Å²) in [6, 6.07) is 10.3. The number of benzene rings is 1. The number of fused-ring (bicyclic) bond motifs is 1. The zero-order valence-electron chi connectivity index (χ0n) is 16.2. The Morgan fingerprint density at radius 3 is 2.63 bits per heavy atom. The van der Waals surface area contributed by atoms with Crippen LogP contribution in [0.1, 0.15) is 18.7 Å². The lowest BCUT2D eigenvalue weighted by molar-refractivity contribution is 0.458. The molecule has 5 rings (SSSR count). The normalized spacial score (nSPS) is 15.1. The van der Waals surface area contributed by atoms with Gasteiger partial charge in [-0.05, 0) is 31.0 Å². The van der Waals surface area contributed by atoms with Crippen LogP contribution >= 0.6 is 23.2 Å². The summed E-state index contributed by atoms with van der Waals surface area (Å²) in [5.41, 5.74) is 2.44. The maximum atomic E-state index is 6.43. The molecule has 30 heavy (non-hydrogen) atoms. The average molecular weight is 444 g/mol. The van der Waals surface area contributed by atoms with Crippen molar-refractivity contribution in [3.8, 4) is 11.1 Å². The van der Waals surface area contributed by atoms with Gasteiger partial charge < -0.3 is 14.6 Å². The maximum absolute atomic E-state index is 6.43. The highest BCUT2D eigenvalue weighted by molar-refractivity contribution is 6.43. The minimum atomic E-state index is 0.265. The van der Waals surface area contributed by atoms with Crippen LogP contribution in [0.15, 0.2) is 40.9 Å². The van der Waals surface area contributed by atoms with Crippen LogP contribution in [0.25, 0.3) is 16.8 Å². The van der Waals surface area contributed by atoms with Gasteiger partial charge in [-0.15, -0.1) is 10.2 Å². The molecule has 154 valence electrons. The zero-order valence-corrected chi connectivity index (χ0v) is 17.7. The molecule has 0 bridgehead atoms. The van der Waals surface area contributed by atoms with Crippen molar-refractivity contribution in [3.63, 3.8) is 0 Å². The highest BCUT2D eigenvalue weighted by Gasteiger charge is 2.24. The van der Waals surface area contributed by atoms with Gasteiger partial charge in [-0.1, -0.05) is 40.4 Å². The average Bonchev–Trinajstić information content (AvgIpc) is 3.36. The molecular weight excluding hydrogens is 425 g/mol. The molecule has 1 N–H and O–H groups in total. The quantitative estimate of drug-likeness (QED) is 0.497. The Labute approximate surface area is 182 Å². The van der Waals surface area contributed by atoms with Crippen molar-refractivity contribution >= 4 is 40.8 Å². The van der Waals surface area contributed by atoms with Gasteiger partial charge in [0.2, 0.25) is 11.8 Å². The van der Waals surface area contributed by atoms with Crippen LogP contribution in [-0.2, 0) is 0 Å². The molecule has 0 atom stereocenters. The molecule has 1 aromatic carbocycles. The van der Waals surface area contributed by atoms with E-state index in [0.29, 0.717) is 27.9 Å². The van der Waals surface area contributed by atoms with Gasteiger partial charge in [-0.25, -0.2) is 4.52 Å². The molecule has 8 nitrogen and oxygen atoms in total. The Morgan fingerprint density at radius 2 is 1.87 bits per heavy atom. The van der Waals surface area contributed by atoms with Gasteiger partial charge in [-0.2, -0.15) is 4.98 Å². The van der Waals surface area contributed by atoms with Crippen molar-refractivity contribution in [2.75, 3.05) is 23.3 Å². The number of hydrogen-bond acceptors (Lipinski definition) is 7. The third-order valence-corrected chi connectivity index (χ3v) is 6.04. The largest absolute Gasteiger partial charge is 0.408 e. The Kier molecular flexibility index (Phi) is 4.96. The van der Waals surface area contributed by atoms with E-state index in [1.807, 2.05) is 30.5 Å². The number of hydrogen-bond donors (Lipinski definition) is 1. The fraction of sp³-hybridized carbons (Fsp3) is 0.300. The summed E-state index contributed by atoms with van der Waals surface area (Å²) in [6.45, 7) is 3.46. The lowest BCUT2D eigenvalue weighted by atomic mass is 10.1. The molecule has 0 radical (unpaired) electrons. The number of aromatic nitrogens is 5. The second-order valence-corrected chi connectivity index (χ2v) is 8.02. The first-order valence-electron chi connectivity index (χ1n) is 9.70. The standard InChI is InChI=1S/C20H19Cl2N7O/c1-12-25-26-20(30-12)28-10-7-13(8-11-28)23-19-24-18-15(5-3-9-29(18)27-19)14-4-2-6-16(21)17(14)22/h2-6,9,13H,7-8,10-11H2,1H3,(H,23,27). The molecular formula is C20H19Cl2N7O. The molecule has 1 aliphatic heterocycles. The predicted molar refractivity (Wildman–Crippen MR) is 116 cm³/mol. The molecule has 3 aromatic heterocycles. The third-order valence-electron chi connectivity index (χ3n) is 5.22. The minimum Gasteiger partial charge on any atom is -0.408 e. The fourth-order valence-electron chi connectivity index (χ4n) is 3.70. The van der Waals surface area contributed by atoms with Crippen LogP contribution in [-0.4, -0.2) is 43.9 Å². The first-order chi connectivity index (χ1) is 14.6. The molecule has 0 unspecified atom stereocenters. The number of pyridine rings is 1. The second-order valence-electron chi connectivity index (χ2n) is 7.24. The van der Waals surface area contributed by atoms with Gasteiger partial charge in [0.1, 0.15) is 0 Å². The van der Waals surface area contributed by atoms with Crippen LogP contribution in [0.3, 0.4) is 0 Å². The third kappa shape index (κ3) is 3.57. The van der Waals surface area contributed by atoms with E-state index in [9.17, 15) is 0 Å². The van der Waals surface area contributed by atoms with E-state index in [2.05, 4.69) is 25.5 Å². The summed E-state index contributed by atoms with van der Waals surface area (Å²) in [5, 5.41) is 17.1. The molecule has 1 aliphatic rings. The van der Waals surface area contributed by atoms with Crippen LogP contribution < -0.4 is 10.2 Å². The number of aryl methyl sites for hydroxylation is 1. The molecule has 10 heteroatoms. The highest BCUT2D eigenvalue weighted by atomic mass is 35.5. The van der Waals surface area contributed by atoms with Crippen molar-refractivity contribution in [3.05, 3.63) is 52.5 Å². The SMILES string of the molecule is Cc1nnc(N2CCC(Nc3nc4c(-c5cccc(Cl)c5Cl)cccn4n3)CC2)o1. The van der Waals surface area contributed by atoms with Crippen molar-refractivity contribution < 1.29 is 4.42 Å². The molecule has 0 saturated carbocycles. The Bertz CT molecular complexity index is 1200.